The van der Waals surface area contributed by atoms with Gasteiger partial charge in [-0.3, -0.25) is 14.5 Å². The van der Waals surface area contributed by atoms with E-state index >= 15 is 0 Å². The fraction of sp³-hybridized carbons (Fsp3) is 0.207. The van der Waals surface area contributed by atoms with Gasteiger partial charge in [-0.15, -0.1) is 0 Å². The molecule has 0 saturated carbocycles. The third-order valence-electron chi connectivity index (χ3n) is 6.77. The molecule has 0 saturated heterocycles. The van der Waals surface area contributed by atoms with Crippen LogP contribution in [0.4, 0.5) is 4.79 Å². The summed E-state index contributed by atoms with van der Waals surface area (Å²) in [5.74, 6) is -0.592. The number of rotatable bonds is 7. The summed E-state index contributed by atoms with van der Waals surface area (Å²) in [7, 11) is 0. The minimum Gasteiger partial charge on any atom is -0.350 e. The predicted octanol–water partition coefficient (Wildman–Crippen LogP) is 5.16. The number of nitrogens with zero attached hydrogens (tertiary/aromatic N) is 2. The number of urea groups is 1. The SMILES string of the molecule is CCN1C(=O)N[C@@H](c2ccc(Cl)cc2Cl)C2=C1CN(CC(=O)NCc1ccc(-c3ccccc3)cc1)C2=O. The smallest absolute Gasteiger partial charge is 0.322 e. The molecule has 0 bridgehead atoms. The van der Waals surface area contributed by atoms with Gasteiger partial charge < -0.3 is 15.5 Å². The molecule has 7 nitrogen and oxygen atoms in total. The summed E-state index contributed by atoms with van der Waals surface area (Å²) in [5, 5.41) is 6.59. The van der Waals surface area contributed by atoms with E-state index in [1.165, 1.54) is 9.80 Å². The monoisotopic (exact) mass is 548 g/mol. The number of carbonyl (C=O) groups excluding carboxylic acids is 3. The molecule has 1 atom stereocenters. The maximum atomic E-state index is 13.5. The first-order chi connectivity index (χ1) is 18.4. The Kier molecular flexibility index (Phi) is 7.40. The van der Waals surface area contributed by atoms with Crippen LogP contribution in [-0.2, 0) is 16.1 Å². The average molecular weight is 549 g/mol. The summed E-state index contributed by atoms with van der Waals surface area (Å²) in [4.78, 5) is 42.1. The van der Waals surface area contributed by atoms with Gasteiger partial charge >= 0.3 is 6.03 Å². The zero-order valence-corrected chi connectivity index (χ0v) is 22.2. The lowest BCUT2D eigenvalue weighted by Gasteiger charge is -2.33. The Balaban J connectivity index is 1.27. The third-order valence-corrected chi connectivity index (χ3v) is 7.33. The van der Waals surface area contributed by atoms with Gasteiger partial charge in [0.1, 0.15) is 6.54 Å². The van der Waals surface area contributed by atoms with Crippen LogP contribution in [0.5, 0.6) is 0 Å². The van der Waals surface area contributed by atoms with Crippen LogP contribution in [0, 0.1) is 0 Å². The Hall–Kier alpha value is -3.81. The van der Waals surface area contributed by atoms with Gasteiger partial charge in [0.2, 0.25) is 5.91 Å². The van der Waals surface area contributed by atoms with Gasteiger partial charge in [-0.05, 0) is 41.3 Å². The molecule has 0 aliphatic carbocycles. The fourth-order valence-corrected chi connectivity index (χ4v) is 5.37. The summed E-state index contributed by atoms with van der Waals surface area (Å²) in [6, 6.07) is 21.9. The van der Waals surface area contributed by atoms with Crippen molar-refractivity contribution in [3.8, 4) is 11.1 Å². The zero-order chi connectivity index (χ0) is 26.8. The molecule has 0 unspecified atom stereocenters. The number of halogens is 2. The molecule has 0 aromatic heterocycles. The average Bonchev–Trinajstić information content (AvgIpc) is 3.23. The number of amides is 4. The van der Waals surface area contributed by atoms with Gasteiger partial charge in [0.05, 0.1) is 23.9 Å². The predicted molar refractivity (Wildman–Crippen MR) is 147 cm³/mol. The first-order valence-electron chi connectivity index (χ1n) is 12.3. The van der Waals surface area contributed by atoms with Crippen LogP contribution in [-0.4, -0.2) is 47.3 Å². The lowest BCUT2D eigenvalue weighted by atomic mass is 9.95. The summed E-state index contributed by atoms with van der Waals surface area (Å²) in [5.41, 5.74) is 4.75. The molecule has 0 radical (unpaired) electrons. The number of hydrogen-bond acceptors (Lipinski definition) is 3. The standard InChI is InChI=1S/C29H26Cl2N4O3/c1-2-35-24-16-34(28(37)26(24)27(33-29(35)38)22-13-12-21(30)14-23(22)31)17-25(36)32-15-18-8-10-20(11-9-18)19-6-4-3-5-7-19/h3-14,27H,2,15-17H2,1H3,(H,32,36)(H,33,38)/t27-/m0/s1. The number of hydrogen-bond donors (Lipinski definition) is 2. The Bertz CT molecular complexity index is 1420. The van der Waals surface area contributed by atoms with Crippen molar-refractivity contribution in [2.45, 2.75) is 19.5 Å². The highest BCUT2D eigenvalue weighted by Gasteiger charge is 2.44. The fourth-order valence-electron chi connectivity index (χ4n) is 4.86. The normalized spacial score (nSPS) is 17.0. The van der Waals surface area contributed by atoms with Crippen LogP contribution in [0.3, 0.4) is 0 Å². The molecule has 0 spiro atoms. The van der Waals surface area contributed by atoms with Crippen molar-refractivity contribution >= 4 is 41.0 Å². The highest BCUT2D eigenvalue weighted by Crippen LogP contribution is 2.39. The molecule has 5 rings (SSSR count). The summed E-state index contributed by atoms with van der Waals surface area (Å²) in [6.07, 6.45) is 0. The molecule has 9 heteroatoms. The summed E-state index contributed by atoms with van der Waals surface area (Å²) >= 11 is 12.5. The molecule has 38 heavy (non-hydrogen) atoms. The van der Waals surface area contributed by atoms with Crippen molar-refractivity contribution in [3.63, 3.8) is 0 Å². The van der Waals surface area contributed by atoms with Crippen LogP contribution in [0.1, 0.15) is 24.1 Å². The zero-order valence-electron chi connectivity index (χ0n) is 20.7. The Morgan fingerprint density at radius 3 is 2.39 bits per heavy atom. The minimum atomic E-state index is -0.728. The molecule has 3 aromatic carbocycles. The Morgan fingerprint density at radius 2 is 1.71 bits per heavy atom. The Morgan fingerprint density at radius 1 is 1.00 bits per heavy atom. The van der Waals surface area contributed by atoms with E-state index in [2.05, 4.69) is 10.6 Å². The van der Waals surface area contributed by atoms with Crippen molar-refractivity contribution in [2.75, 3.05) is 19.6 Å². The largest absolute Gasteiger partial charge is 0.350 e. The highest BCUT2D eigenvalue weighted by molar-refractivity contribution is 6.35. The third kappa shape index (κ3) is 5.12. The number of carbonyl (C=O) groups is 3. The quantitative estimate of drug-likeness (QED) is 0.427. The van der Waals surface area contributed by atoms with Crippen LogP contribution >= 0.6 is 23.2 Å². The lowest BCUT2D eigenvalue weighted by molar-refractivity contribution is -0.132. The second-order valence-corrected chi connectivity index (χ2v) is 10.00. The second-order valence-electron chi connectivity index (χ2n) is 9.15. The lowest BCUT2D eigenvalue weighted by Crippen LogP contribution is -2.47. The van der Waals surface area contributed by atoms with Crippen molar-refractivity contribution < 1.29 is 14.4 Å². The first kappa shape index (κ1) is 25.8. The highest BCUT2D eigenvalue weighted by atomic mass is 35.5. The Labute approximate surface area is 231 Å². The van der Waals surface area contributed by atoms with Crippen LogP contribution in [0.2, 0.25) is 10.0 Å². The number of benzene rings is 3. The van der Waals surface area contributed by atoms with E-state index in [1.807, 2.05) is 61.5 Å². The molecule has 2 aliphatic heterocycles. The molecule has 0 fully saturated rings. The van der Waals surface area contributed by atoms with Crippen LogP contribution < -0.4 is 10.6 Å². The molecule has 4 amide bonds. The van der Waals surface area contributed by atoms with Gasteiger partial charge in [0.15, 0.2) is 0 Å². The topological polar surface area (TPSA) is 81.8 Å². The van der Waals surface area contributed by atoms with E-state index in [-0.39, 0.29) is 30.9 Å². The van der Waals surface area contributed by atoms with Crippen molar-refractivity contribution in [1.29, 1.82) is 0 Å². The maximum absolute atomic E-state index is 13.5. The number of nitrogens with one attached hydrogen (secondary N) is 2. The van der Waals surface area contributed by atoms with Gasteiger partial charge in [-0.25, -0.2) is 4.79 Å². The van der Waals surface area contributed by atoms with Crippen LogP contribution in [0.25, 0.3) is 11.1 Å². The van der Waals surface area contributed by atoms with E-state index in [9.17, 15) is 14.4 Å². The summed E-state index contributed by atoms with van der Waals surface area (Å²) in [6.45, 7) is 2.60. The summed E-state index contributed by atoms with van der Waals surface area (Å²) < 4.78 is 0. The van der Waals surface area contributed by atoms with Crippen molar-refractivity contribution in [2.24, 2.45) is 0 Å². The van der Waals surface area contributed by atoms with Crippen molar-refractivity contribution in [3.05, 3.63) is 105 Å². The van der Waals surface area contributed by atoms with Gasteiger partial charge in [-0.2, -0.15) is 0 Å². The maximum Gasteiger partial charge on any atom is 0.322 e. The van der Waals surface area contributed by atoms with E-state index in [4.69, 9.17) is 23.2 Å². The van der Waals surface area contributed by atoms with E-state index in [0.29, 0.717) is 40.0 Å². The van der Waals surface area contributed by atoms with Gasteiger partial charge in [0, 0.05) is 23.1 Å². The molecule has 2 heterocycles. The van der Waals surface area contributed by atoms with E-state index < -0.39 is 6.04 Å². The first-order valence-corrected chi connectivity index (χ1v) is 13.1. The molecule has 194 valence electrons. The second kappa shape index (κ2) is 10.9. The minimum absolute atomic E-state index is 0.124. The molecular formula is C29H26Cl2N4O3. The van der Waals surface area contributed by atoms with Gasteiger partial charge in [-0.1, -0.05) is 83.9 Å². The van der Waals surface area contributed by atoms with Crippen LogP contribution in [0.15, 0.2) is 84.1 Å². The molecule has 2 N–H and O–H groups in total. The van der Waals surface area contributed by atoms with Crippen molar-refractivity contribution in [1.82, 2.24) is 20.4 Å². The van der Waals surface area contributed by atoms with E-state index in [0.717, 1.165) is 16.7 Å². The molecule has 3 aromatic rings. The van der Waals surface area contributed by atoms with E-state index in [1.54, 1.807) is 18.2 Å². The molecular weight excluding hydrogens is 523 g/mol. The van der Waals surface area contributed by atoms with Gasteiger partial charge in [0.25, 0.3) is 5.91 Å². The number of likely N-dealkylation sites (N-methyl/N-ethyl adjacent to an activating group) is 1. The molecule has 2 aliphatic rings.